The van der Waals surface area contributed by atoms with Crippen molar-refractivity contribution in [1.82, 2.24) is 9.97 Å². The van der Waals surface area contributed by atoms with Gasteiger partial charge in [-0.3, -0.25) is 4.79 Å². The third kappa shape index (κ3) is 3.15. The van der Waals surface area contributed by atoms with E-state index in [2.05, 4.69) is 25.8 Å². The molecule has 0 amide bonds. The molecule has 3 N–H and O–H groups in total. The summed E-state index contributed by atoms with van der Waals surface area (Å²) in [6.07, 6.45) is 3.32. The van der Waals surface area contributed by atoms with Gasteiger partial charge < -0.3 is 14.8 Å². The zero-order valence-electron chi connectivity index (χ0n) is 15.6. The molecule has 2 atom stereocenters. The normalized spacial score (nSPS) is 28.0. The third-order valence-corrected chi connectivity index (χ3v) is 7.45. The summed E-state index contributed by atoms with van der Waals surface area (Å²) in [4.78, 5) is 26.4. The second-order valence-electron chi connectivity index (χ2n) is 7.97. The highest BCUT2D eigenvalue weighted by Gasteiger charge is 2.30. The van der Waals surface area contributed by atoms with Crippen molar-refractivity contribution >= 4 is 21.6 Å². The third-order valence-electron chi connectivity index (χ3n) is 6.31. The Kier molecular flexibility index (Phi) is 4.69. The van der Waals surface area contributed by atoms with E-state index >= 15 is 0 Å². The number of rotatable bonds is 3. The highest BCUT2D eigenvalue weighted by atomic mass is 32.1. The van der Waals surface area contributed by atoms with Crippen LogP contribution in [0.15, 0.2) is 4.79 Å². The van der Waals surface area contributed by atoms with Gasteiger partial charge in [0.2, 0.25) is 0 Å². The van der Waals surface area contributed by atoms with Crippen LogP contribution in [0, 0.1) is 5.92 Å². The molecule has 136 valence electrons. The van der Waals surface area contributed by atoms with E-state index in [9.17, 15) is 4.79 Å². The van der Waals surface area contributed by atoms with Crippen LogP contribution < -0.4 is 15.4 Å². The Bertz CT molecular complexity index is 819. The van der Waals surface area contributed by atoms with E-state index in [1.165, 1.54) is 36.5 Å². The lowest BCUT2D eigenvalue weighted by atomic mass is 9.89. The Morgan fingerprint density at radius 1 is 1.32 bits per heavy atom. The molecular formula is C19H30N4OS+2. The summed E-state index contributed by atoms with van der Waals surface area (Å²) >= 11 is 1.76. The summed E-state index contributed by atoms with van der Waals surface area (Å²) in [6, 6.07) is 0.258. The highest BCUT2D eigenvalue weighted by molar-refractivity contribution is 7.18. The van der Waals surface area contributed by atoms with Gasteiger partial charge in [0.25, 0.3) is 5.56 Å². The highest BCUT2D eigenvalue weighted by Crippen LogP contribution is 2.35. The van der Waals surface area contributed by atoms with Gasteiger partial charge in [0.1, 0.15) is 37.1 Å². The molecule has 0 bridgehead atoms. The van der Waals surface area contributed by atoms with Crippen molar-refractivity contribution in [2.24, 2.45) is 5.92 Å². The van der Waals surface area contributed by atoms with E-state index in [4.69, 9.17) is 4.98 Å². The van der Waals surface area contributed by atoms with Crippen LogP contribution in [0.3, 0.4) is 0 Å². The number of fused-ring (bicyclic) bond motifs is 3. The average molecular weight is 363 g/mol. The standard InChI is InChI=1S/C19H28N4OS/c1-4-22-7-9-23(10-8-22)13(3)17-20-18(24)16-14-6-5-12(2)11-15(14)25-19(16)21-17/h12-13H,4-11H2,1-3H3,(H,20,21,24)/p+2/t12-,13+/m0/s1. The van der Waals surface area contributed by atoms with Crippen LogP contribution in [0.5, 0.6) is 0 Å². The lowest BCUT2D eigenvalue weighted by Crippen LogP contribution is -3.28. The Morgan fingerprint density at radius 3 is 2.80 bits per heavy atom. The number of quaternary nitrogens is 2. The summed E-state index contributed by atoms with van der Waals surface area (Å²) in [6.45, 7) is 12.7. The van der Waals surface area contributed by atoms with Crippen molar-refractivity contribution in [2.45, 2.75) is 46.1 Å². The summed E-state index contributed by atoms with van der Waals surface area (Å²) in [5.41, 5.74) is 1.36. The SMILES string of the molecule is CC[NH+]1CC[NH+]([C@H](C)c2nc3sc4c(c3c(=O)[nH]2)CC[C@H](C)C4)CC1. The predicted molar refractivity (Wildman–Crippen MR) is 102 cm³/mol. The number of piperazine rings is 1. The number of thiophene rings is 1. The van der Waals surface area contributed by atoms with Gasteiger partial charge in [-0.1, -0.05) is 6.92 Å². The first kappa shape index (κ1) is 17.2. The molecule has 0 unspecified atom stereocenters. The molecule has 25 heavy (non-hydrogen) atoms. The number of nitrogens with one attached hydrogen (secondary N) is 3. The molecule has 0 spiro atoms. The molecule has 1 aliphatic carbocycles. The van der Waals surface area contributed by atoms with Gasteiger partial charge >= 0.3 is 0 Å². The molecule has 1 saturated heterocycles. The van der Waals surface area contributed by atoms with Crippen LogP contribution in [0.1, 0.15) is 49.5 Å². The minimum absolute atomic E-state index is 0.0797. The number of aromatic nitrogens is 2. The monoisotopic (exact) mass is 362 g/mol. The first-order valence-electron chi connectivity index (χ1n) is 9.79. The van der Waals surface area contributed by atoms with Crippen LogP contribution >= 0.6 is 11.3 Å². The minimum atomic E-state index is 0.0797. The van der Waals surface area contributed by atoms with Gasteiger partial charge in [-0.05, 0) is 44.6 Å². The summed E-state index contributed by atoms with van der Waals surface area (Å²) in [5, 5.41) is 0.873. The van der Waals surface area contributed by atoms with Crippen LogP contribution in [-0.2, 0) is 12.8 Å². The Morgan fingerprint density at radius 2 is 2.08 bits per heavy atom. The maximum absolute atomic E-state index is 12.8. The van der Waals surface area contributed by atoms with E-state index in [0.29, 0.717) is 0 Å². The van der Waals surface area contributed by atoms with E-state index in [1.54, 1.807) is 21.1 Å². The largest absolute Gasteiger partial charge is 0.326 e. The van der Waals surface area contributed by atoms with Gasteiger partial charge in [-0.15, -0.1) is 11.3 Å². The number of hydrogen-bond acceptors (Lipinski definition) is 3. The molecule has 6 heteroatoms. The number of aryl methyl sites for hydroxylation is 1. The molecule has 2 aromatic heterocycles. The van der Waals surface area contributed by atoms with E-state index in [0.717, 1.165) is 47.9 Å². The van der Waals surface area contributed by atoms with Gasteiger partial charge in [0, 0.05) is 4.88 Å². The lowest BCUT2D eigenvalue weighted by molar-refractivity contribution is -1.03. The van der Waals surface area contributed by atoms with E-state index < -0.39 is 0 Å². The molecule has 4 rings (SSSR count). The Labute approximate surface area is 153 Å². The van der Waals surface area contributed by atoms with Crippen molar-refractivity contribution in [3.05, 3.63) is 26.6 Å². The van der Waals surface area contributed by atoms with Crippen molar-refractivity contribution < 1.29 is 9.80 Å². The van der Waals surface area contributed by atoms with Crippen LogP contribution in [0.25, 0.3) is 10.2 Å². The zero-order valence-corrected chi connectivity index (χ0v) is 16.4. The first-order valence-corrected chi connectivity index (χ1v) is 10.6. The smallest absolute Gasteiger partial charge is 0.260 e. The Balaban J connectivity index is 1.64. The lowest BCUT2D eigenvalue weighted by Gasteiger charge is -2.32. The number of H-pyrrole nitrogens is 1. The maximum Gasteiger partial charge on any atom is 0.260 e. The second-order valence-corrected chi connectivity index (χ2v) is 9.05. The number of aromatic amines is 1. The molecular weight excluding hydrogens is 332 g/mol. The van der Waals surface area contributed by atoms with Gasteiger partial charge in [0.15, 0.2) is 5.82 Å². The van der Waals surface area contributed by atoms with Crippen LogP contribution in [0.2, 0.25) is 0 Å². The first-order chi connectivity index (χ1) is 12.1. The molecule has 3 heterocycles. The zero-order chi connectivity index (χ0) is 17.6. The average Bonchev–Trinajstić information content (AvgIpc) is 2.98. The van der Waals surface area contributed by atoms with Crippen molar-refractivity contribution in [2.75, 3.05) is 32.7 Å². The molecule has 0 aromatic carbocycles. The van der Waals surface area contributed by atoms with Crippen molar-refractivity contribution in [1.29, 1.82) is 0 Å². The number of nitrogens with zero attached hydrogens (tertiary/aromatic N) is 1. The molecule has 2 aromatic rings. The molecule has 2 aliphatic rings. The van der Waals surface area contributed by atoms with Gasteiger partial charge in [-0.2, -0.15) is 0 Å². The number of hydrogen-bond donors (Lipinski definition) is 3. The summed E-state index contributed by atoms with van der Waals surface area (Å²) in [5.74, 6) is 1.60. The van der Waals surface area contributed by atoms with Crippen LogP contribution in [-0.4, -0.2) is 42.7 Å². The topological polar surface area (TPSA) is 54.6 Å². The fraction of sp³-hybridized carbons (Fsp3) is 0.684. The number of likely N-dealkylation sites (N-methyl/N-ethyl adjacent to an activating group) is 1. The molecule has 5 nitrogen and oxygen atoms in total. The van der Waals surface area contributed by atoms with Crippen LogP contribution in [0.4, 0.5) is 0 Å². The second kappa shape index (κ2) is 6.82. The predicted octanol–water partition coefficient (Wildman–Crippen LogP) is -0.0263. The Hall–Kier alpha value is -1.24. The molecule has 0 radical (unpaired) electrons. The van der Waals surface area contributed by atoms with E-state index in [1.807, 2.05) is 0 Å². The van der Waals surface area contributed by atoms with Crippen molar-refractivity contribution in [3.63, 3.8) is 0 Å². The van der Waals surface area contributed by atoms with Crippen molar-refractivity contribution in [3.8, 4) is 0 Å². The fourth-order valence-corrected chi connectivity index (χ4v) is 5.87. The van der Waals surface area contributed by atoms with Gasteiger partial charge in [0.05, 0.1) is 11.9 Å². The molecule has 0 saturated carbocycles. The molecule has 1 aliphatic heterocycles. The molecule has 1 fully saturated rings. The maximum atomic E-state index is 12.8. The van der Waals surface area contributed by atoms with Gasteiger partial charge in [-0.25, -0.2) is 4.98 Å². The summed E-state index contributed by atoms with van der Waals surface area (Å²) < 4.78 is 0. The minimum Gasteiger partial charge on any atom is -0.326 e. The quantitative estimate of drug-likeness (QED) is 0.719. The summed E-state index contributed by atoms with van der Waals surface area (Å²) in [7, 11) is 0. The fourth-order valence-electron chi connectivity index (χ4n) is 4.48. The van der Waals surface area contributed by atoms with E-state index in [-0.39, 0.29) is 11.6 Å².